The molecule has 19 heavy (non-hydrogen) atoms. The van der Waals surface area contributed by atoms with Crippen molar-refractivity contribution < 1.29 is 4.74 Å². The lowest BCUT2D eigenvalue weighted by molar-refractivity contribution is 0.415. The van der Waals surface area contributed by atoms with Crippen molar-refractivity contribution in [1.82, 2.24) is 9.97 Å². The minimum absolute atomic E-state index is 0.648. The fourth-order valence-corrected chi connectivity index (χ4v) is 2.92. The van der Waals surface area contributed by atoms with Crippen LogP contribution in [-0.4, -0.2) is 17.1 Å². The van der Waals surface area contributed by atoms with E-state index in [4.69, 9.17) is 10.6 Å². The molecule has 5 nitrogen and oxygen atoms in total. The van der Waals surface area contributed by atoms with Crippen LogP contribution in [-0.2, 0) is 0 Å². The number of hydrogen-bond donors (Lipinski definition) is 2. The van der Waals surface area contributed by atoms with E-state index < -0.39 is 0 Å². The Hall–Kier alpha value is -2.18. The zero-order valence-electron chi connectivity index (χ0n) is 10.3. The van der Waals surface area contributed by atoms with Crippen molar-refractivity contribution in [2.45, 2.75) is 0 Å². The van der Waals surface area contributed by atoms with Gasteiger partial charge in [-0.1, -0.05) is 0 Å². The van der Waals surface area contributed by atoms with Gasteiger partial charge in [0.2, 0.25) is 0 Å². The van der Waals surface area contributed by atoms with Crippen LogP contribution >= 0.6 is 11.3 Å². The molecule has 0 radical (unpaired) electrons. The molecule has 0 bridgehead atoms. The van der Waals surface area contributed by atoms with Gasteiger partial charge in [-0.3, -0.25) is 0 Å². The Morgan fingerprint density at radius 2 is 2.00 bits per heavy atom. The lowest BCUT2D eigenvalue weighted by Crippen LogP contribution is -2.08. The first-order chi connectivity index (χ1) is 9.31. The van der Waals surface area contributed by atoms with Crippen LogP contribution < -0.4 is 16.0 Å². The molecule has 6 heteroatoms. The van der Waals surface area contributed by atoms with Gasteiger partial charge in [0.15, 0.2) is 5.82 Å². The van der Waals surface area contributed by atoms with Gasteiger partial charge >= 0.3 is 0 Å². The number of nitrogens with zero attached hydrogens (tertiary/aromatic N) is 2. The van der Waals surface area contributed by atoms with Crippen LogP contribution in [0.4, 0.5) is 5.82 Å². The van der Waals surface area contributed by atoms with E-state index in [1.807, 2.05) is 30.3 Å². The summed E-state index contributed by atoms with van der Waals surface area (Å²) in [5.74, 6) is 6.94. The third-order valence-electron chi connectivity index (χ3n) is 2.82. The number of thiophene rings is 1. The van der Waals surface area contributed by atoms with Crippen molar-refractivity contribution in [3.05, 3.63) is 36.7 Å². The first-order valence-electron chi connectivity index (χ1n) is 5.67. The zero-order valence-corrected chi connectivity index (χ0v) is 11.1. The van der Waals surface area contributed by atoms with Crippen LogP contribution in [0.2, 0.25) is 0 Å². The number of fused-ring (bicyclic) bond motifs is 1. The Morgan fingerprint density at radius 3 is 2.68 bits per heavy atom. The summed E-state index contributed by atoms with van der Waals surface area (Å²) in [4.78, 5) is 9.47. The summed E-state index contributed by atoms with van der Waals surface area (Å²) in [6.45, 7) is 0. The van der Waals surface area contributed by atoms with E-state index in [2.05, 4.69) is 15.4 Å². The van der Waals surface area contributed by atoms with Crippen molar-refractivity contribution in [2.24, 2.45) is 5.84 Å². The van der Waals surface area contributed by atoms with Gasteiger partial charge in [0, 0.05) is 4.88 Å². The number of hydrogen-bond acceptors (Lipinski definition) is 6. The second-order valence-corrected chi connectivity index (χ2v) is 4.97. The van der Waals surface area contributed by atoms with Gasteiger partial charge in [-0.2, -0.15) is 0 Å². The van der Waals surface area contributed by atoms with E-state index >= 15 is 0 Å². The van der Waals surface area contributed by atoms with E-state index in [-0.39, 0.29) is 0 Å². The fourth-order valence-electron chi connectivity index (χ4n) is 1.85. The van der Waals surface area contributed by atoms with Gasteiger partial charge < -0.3 is 10.2 Å². The maximum atomic E-state index is 5.45. The lowest BCUT2D eigenvalue weighted by atomic mass is 10.2. The summed E-state index contributed by atoms with van der Waals surface area (Å²) in [6.07, 6.45) is 1.50. The minimum Gasteiger partial charge on any atom is -0.497 e. The van der Waals surface area contributed by atoms with Gasteiger partial charge in [0.05, 0.1) is 17.3 Å². The molecule has 0 unspecified atom stereocenters. The van der Waals surface area contributed by atoms with Gasteiger partial charge in [0.25, 0.3) is 0 Å². The number of ether oxygens (including phenoxy) is 1. The highest BCUT2D eigenvalue weighted by atomic mass is 32.1. The molecule has 0 aliphatic rings. The number of benzene rings is 1. The second-order valence-electron chi connectivity index (χ2n) is 3.92. The minimum atomic E-state index is 0.648. The number of hydrazine groups is 1. The van der Waals surface area contributed by atoms with Crippen LogP contribution in [0.5, 0.6) is 5.75 Å². The first-order valence-corrected chi connectivity index (χ1v) is 6.49. The molecule has 0 aliphatic heterocycles. The molecule has 3 N–H and O–H groups in total. The van der Waals surface area contributed by atoms with E-state index in [9.17, 15) is 0 Å². The summed E-state index contributed by atoms with van der Waals surface area (Å²) >= 11 is 1.61. The SMILES string of the molecule is COc1ccc(-c2cc3ncnc(NN)c3s2)cc1. The summed E-state index contributed by atoms with van der Waals surface area (Å²) in [5.41, 5.74) is 4.60. The molecule has 96 valence electrons. The number of nitrogens with two attached hydrogens (primary N) is 1. The van der Waals surface area contributed by atoms with Crippen LogP contribution in [0.1, 0.15) is 0 Å². The third-order valence-corrected chi connectivity index (χ3v) is 4.00. The molecule has 3 aromatic rings. The van der Waals surface area contributed by atoms with Gasteiger partial charge in [-0.25, -0.2) is 15.8 Å². The molecular weight excluding hydrogens is 260 g/mol. The molecule has 1 aromatic carbocycles. The zero-order chi connectivity index (χ0) is 13.2. The van der Waals surface area contributed by atoms with Gasteiger partial charge in [-0.15, -0.1) is 11.3 Å². The Bertz CT molecular complexity index is 708. The average Bonchev–Trinajstić information content (AvgIpc) is 2.91. The lowest BCUT2D eigenvalue weighted by Gasteiger charge is -2.00. The molecule has 0 saturated heterocycles. The summed E-state index contributed by atoms with van der Waals surface area (Å²) in [5, 5.41) is 0. The van der Waals surface area contributed by atoms with Crippen LogP contribution in [0, 0.1) is 0 Å². The molecule has 0 saturated carbocycles. The van der Waals surface area contributed by atoms with Gasteiger partial charge in [-0.05, 0) is 35.9 Å². The second kappa shape index (κ2) is 4.83. The largest absolute Gasteiger partial charge is 0.497 e. The van der Waals surface area contributed by atoms with Crippen molar-refractivity contribution in [3.63, 3.8) is 0 Å². The van der Waals surface area contributed by atoms with Crippen LogP contribution in [0.3, 0.4) is 0 Å². The number of aromatic nitrogens is 2. The molecule has 0 atom stereocenters. The molecule has 0 fully saturated rings. The number of nitrogens with one attached hydrogen (secondary N) is 1. The smallest absolute Gasteiger partial charge is 0.161 e. The van der Waals surface area contributed by atoms with E-state index in [1.165, 1.54) is 6.33 Å². The Balaban J connectivity index is 2.09. The van der Waals surface area contributed by atoms with Crippen LogP contribution in [0.15, 0.2) is 36.7 Å². The summed E-state index contributed by atoms with van der Waals surface area (Å²) in [6, 6.07) is 9.95. The molecule has 0 amide bonds. The molecule has 0 spiro atoms. The number of nitrogen functional groups attached to an aromatic ring is 1. The highest BCUT2D eigenvalue weighted by molar-refractivity contribution is 7.22. The van der Waals surface area contributed by atoms with E-state index in [1.54, 1.807) is 18.4 Å². The number of anilines is 1. The number of rotatable bonds is 3. The van der Waals surface area contributed by atoms with E-state index in [0.717, 1.165) is 26.4 Å². The molecule has 0 aliphatic carbocycles. The molecular formula is C13H12N4OS. The molecule has 3 rings (SSSR count). The predicted molar refractivity (Wildman–Crippen MR) is 77.2 cm³/mol. The Labute approximate surface area is 114 Å². The van der Waals surface area contributed by atoms with Crippen molar-refractivity contribution in [1.29, 1.82) is 0 Å². The maximum Gasteiger partial charge on any atom is 0.161 e. The highest BCUT2D eigenvalue weighted by Gasteiger charge is 2.09. The number of methoxy groups -OCH3 is 1. The molecule has 2 heterocycles. The Kier molecular flexibility index (Phi) is 3.02. The predicted octanol–water partition coefficient (Wildman–Crippen LogP) is 2.65. The quantitative estimate of drug-likeness (QED) is 0.566. The van der Waals surface area contributed by atoms with Crippen molar-refractivity contribution in [2.75, 3.05) is 12.5 Å². The fraction of sp³-hybridized carbons (Fsp3) is 0.0769. The maximum absolute atomic E-state index is 5.45. The Morgan fingerprint density at radius 1 is 1.21 bits per heavy atom. The summed E-state index contributed by atoms with van der Waals surface area (Å²) < 4.78 is 6.11. The average molecular weight is 272 g/mol. The standard InChI is InChI=1S/C13H12N4OS/c1-18-9-4-2-8(3-5-9)11-6-10-12(19-11)13(17-14)16-7-15-10/h2-7H,14H2,1H3,(H,15,16,17). The first kappa shape index (κ1) is 11.9. The van der Waals surface area contributed by atoms with Crippen molar-refractivity contribution in [3.8, 4) is 16.2 Å². The molecule has 2 aromatic heterocycles. The monoisotopic (exact) mass is 272 g/mol. The van der Waals surface area contributed by atoms with E-state index in [0.29, 0.717) is 5.82 Å². The third kappa shape index (κ3) is 2.11. The van der Waals surface area contributed by atoms with Crippen LogP contribution in [0.25, 0.3) is 20.7 Å². The normalized spacial score (nSPS) is 10.6. The highest BCUT2D eigenvalue weighted by Crippen LogP contribution is 2.35. The van der Waals surface area contributed by atoms with Gasteiger partial charge in [0.1, 0.15) is 12.1 Å². The van der Waals surface area contributed by atoms with Crippen molar-refractivity contribution >= 4 is 27.4 Å². The summed E-state index contributed by atoms with van der Waals surface area (Å²) in [7, 11) is 1.66. The topological polar surface area (TPSA) is 73.1 Å².